The first-order chi connectivity index (χ1) is 8.67. The Bertz CT molecular complexity index is 333. The number of nitrogens with zero attached hydrogens (tertiary/aromatic N) is 1. The number of nitrogens with one attached hydrogen (secondary N) is 1. The van der Waals surface area contributed by atoms with Crippen molar-refractivity contribution in [1.29, 1.82) is 0 Å². The van der Waals surface area contributed by atoms with Crippen molar-refractivity contribution in [2.75, 3.05) is 20.1 Å². The van der Waals surface area contributed by atoms with Gasteiger partial charge in [0.05, 0.1) is 13.1 Å². The van der Waals surface area contributed by atoms with Crippen molar-refractivity contribution in [3.8, 4) is 0 Å². The predicted octanol–water partition coefficient (Wildman–Crippen LogP) is 3.32. The number of furan rings is 1. The maximum Gasteiger partial charge on any atom is 0.120 e. The Labute approximate surface area is 112 Å². The Balaban J connectivity index is 2.44. The van der Waals surface area contributed by atoms with Crippen molar-refractivity contribution in [1.82, 2.24) is 10.2 Å². The molecule has 0 aliphatic carbocycles. The lowest BCUT2D eigenvalue weighted by molar-refractivity contribution is 0.285. The van der Waals surface area contributed by atoms with Crippen LogP contribution in [0.4, 0.5) is 0 Å². The molecule has 0 fully saturated rings. The van der Waals surface area contributed by atoms with Crippen LogP contribution in [-0.2, 0) is 13.1 Å². The molecule has 1 aromatic heterocycles. The van der Waals surface area contributed by atoms with Gasteiger partial charge in [0.15, 0.2) is 0 Å². The van der Waals surface area contributed by atoms with Crippen LogP contribution in [0.15, 0.2) is 10.5 Å². The van der Waals surface area contributed by atoms with E-state index in [0.29, 0.717) is 0 Å². The van der Waals surface area contributed by atoms with E-state index in [0.717, 1.165) is 44.1 Å². The van der Waals surface area contributed by atoms with Crippen LogP contribution in [0.25, 0.3) is 0 Å². The van der Waals surface area contributed by atoms with Crippen LogP contribution < -0.4 is 5.32 Å². The molecule has 3 heteroatoms. The summed E-state index contributed by atoms with van der Waals surface area (Å²) in [6.45, 7) is 10.5. The van der Waals surface area contributed by atoms with Crippen molar-refractivity contribution in [3.63, 3.8) is 0 Å². The summed E-state index contributed by atoms with van der Waals surface area (Å²) >= 11 is 0. The molecule has 0 amide bonds. The van der Waals surface area contributed by atoms with Crippen LogP contribution in [0.1, 0.15) is 50.2 Å². The van der Waals surface area contributed by atoms with E-state index in [1.165, 1.54) is 18.4 Å². The minimum Gasteiger partial charge on any atom is -0.463 e. The Hall–Kier alpha value is -0.800. The van der Waals surface area contributed by atoms with Crippen molar-refractivity contribution in [3.05, 3.63) is 23.2 Å². The highest BCUT2D eigenvalue weighted by molar-refractivity contribution is 5.20. The molecule has 1 rings (SSSR count). The summed E-state index contributed by atoms with van der Waals surface area (Å²) in [6.07, 6.45) is 3.65. The standard InChI is InChI=1S/C15H28N2O/c1-5-7-9-17(4)12-14-10-13(3)15(18-14)11-16-8-6-2/h10,16H,5-9,11-12H2,1-4H3. The molecule has 0 saturated carbocycles. The van der Waals surface area contributed by atoms with Gasteiger partial charge in [0, 0.05) is 0 Å². The van der Waals surface area contributed by atoms with Gasteiger partial charge < -0.3 is 9.73 Å². The predicted molar refractivity (Wildman–Crippen MR) is 76.7 cm³/mol. The number of rotatable bonds is 9. The fraction of sp³-hybridized carbons (Fsp3) is 0.733. The summed E-state index contributed by atoms with van der Waals surface area (Å²) < 4.78 is 5.91. The van der Waals surface area contributed by atoms with E-state index in [9.17, 15) is 0 Å². The van der Waals surface area contributed by atoms with Gasteiger partial charge in [-0.15, -0.1) is 0 Å². The second-order valence-electron chi connectivity index (χ2n) is 5.09. The average Bonchev–Trinajstić information content (AvgIpc) is 2.67. The third-order valence-electron chi connectivity index (χ3n) is 3.10. The van der Waals surface area contributed by atoms with Gasteiger partial charge in [-0.25, -0.2) is 0 Å². The van der Waals surface area contributed by atoms with Crippen LogP contribution in [-0.4, -0.2) is 25.0 Å². The van der Waals surface area contributed by atoms with Gasteiger partial charge in [-0.2, -0.15) is 0 Å². The monoisotopic (exact) mass is 252 g/mol. The molecular weight excluding hydrogens is 224 g/mol. The summed E-state index contributed by atoms with van der Waals surface area (Å²) in [4.78, 5) is 2.32. The molecule has 1 aromatic rings. The van der Waals surface area contributed by atoms with Crippen LogP contribution in [0.2, 0.25) is 0 Å². The fourth-order valence-corrected chi connectivity index (χ4v) is 2.00. The van der Waals surface area contributed by atoms with Crippen molar-refractivity contribution in [2.24, 2.45) is 0 Å². The molecule has 0 aliphatic rings. The number of aryl methyl sites for hydroxylation is 1. The Morgan fingerprint density at radius 3 is 2.72 bits per heavy atom. The van der Waals surface area contributed by atoms with E-state index in [1.807, 2.05) is 0 Å². The second-order valence-corrected chi connectivity index (χ2v) is 5.09. The summed E-state index contributed by atoms with van der Waals surface area (Å²) in [5, 5.41) is 3.39. The lowest BCUT2D eigenvalue weighted by Crippen LogP contribution is -2.18. The van der Waals surface area contributed by atoms with Gasteiger partial charge in [0.1, 0.15) is 11.5 Å². The lowest BCUT2D eigenvalue weighted by Gasteiger charge is -2.13. The lowest BCUT2D eigenvalue weighted by atomic mass is 10.2. The van der Waals surface area contributed by atoms with Crippen LogP contribution in [0.3, 0.4) is 0 Å². The minimum absolute atomic E-state index is 0.846. The quantitative estimate of drug-likeness (QED) is 0.683. The fourth-order valence-electron chi connectivity index (χ4n) is 2.00. The van der Waals surface area contributed by atoms with E-state index < -0.39 is 0 Å². The van der Waals surface area contributed by atoms with Gasteiger partial charge in [-0.1, -0.05) is 20.3 Å². The van der Waals surface area contributed by atoms with E-state index in [4.69, 9.17) is 4.42 Å². The molecule has 18 heavy (non-hydrogen) atoms. The minimum atomic E-state index is 0.846. The van der Waals surface area contributed by atoms with Gasteiger partial charge in [0.25, 0.3) is 0 Å². The highest BCUT2D eigenvalue weighted by Gasteiger charge is 2.09. The van der Waals surface area contributed by atoms with E-state index >= 15 is 0 Å². The van der Waals surface area contributed by atoms with Gasteiger partial charge in [-0.05, 0) is 51.5 Å². The molecule has 0 aliphatic heterocycles. The van der Waals surface area contributed by atoms with Crippen LogP contribution >= 0.6 is 0 Å². The maximum absolute atomic E-state index is 5.91. The zero-order valence-electron chi connectivity index (χ0n) is 12.4. The summed E-state index contributed by atoms with van der Waals surface area (Å²) in [5.41, 5.74) is 1.26. The summed E-state index contributed by atoms with van der Waals surface area (Å²) in [5.74, 6) is 2.17. The van der Waals surface area contributed by atoms with E-state index in [1.54, 1.807) is 0 Å². The molecule has 0 bridgehead atoms. The molecule has 0 aromatic carbocycles. The molecule has 0 saturated heterocycles. The second kappa shape index (κ2) is 8.33. The molecule has 0 unspecified atom stereocenters. The van der Waals surface area contributed by atoms with Crippen LogP contribution in [0.5, 0.6) is 0 Å². The highest BCUT2D eigenvalue weighted by Crippen LogP contribution is 2.16. The van der Waals surface area contributed by atoms with Gasteiger partial charge >= 0.3 is 0 Å². The molecular formula is C15H28N2O. The Morgan fingerprint density at radius 2 is 2.06 bits per heavy atom. The smallest absolute Gasteiger partial charge is 0.120 e. The maximum atomic E-state index is 5.91. The van der Waals surface area contributed by atoms with Crippen molar-refractivity contribution >= 4 is 0 Å². The van der Waals surface area contributed by atoms with Crippen LogP contribution in [0, 0.1) is 6.92 Å². The SMILES string of the molecule is CCCCN(C)Cc1cc(C)c(CNCCC)o1. The van der Waals surface area contributed by atoms with Crippen molar-refractivity contribution in [2.45, 2.75) is 53.1 Å². The zero-order chi connectivity index (χ0) is 13.4. The van der Waals surface area contributed by atoms with Gasteiger partial charge in [-0.3, -0.25) is 4.90 Å². The number of unbranched alkanes of at least 4 members (excludes halogenated alkanes) is 1. The zero-order valence-corrected chi connectivity index (χ0v) is 12.4. The highest BCUT2D eigenvalue weighted by atomic mass is 16.3. The van der Waals surface area contributed by atoms with E-state index in [-0.39, 0.29) is 0 Å². The van der Waals surface area contributed by atoms with E-state index in [2.05, 4.69) is 44.1 Å². The Kier molecular flexibility index (Phi) is 7.06. The molecule has 1 N–H and O–H groups in total. The third kappa shape index (κ3) is 5.23. The topological polar surface area (TPSA) is 28.4 Å². The van der Waals surface area contributed by atoms with Gasteiger partial charge in [0.2, 0.25) is 0 Å². The third-order valence-corrected chi connectivity index (χ3v) is 3.10. The summed E-state index contributed by atoms with van der Waals surface area (Å²) in [7, 11) is 2.16. The molecule has 0 spiro atoms. The number of hydrogen-bond acceptors (Lipinski definition) is 3. The summed E-state index contributed by atoms with van der Waals surface area (Å²) in [6, 6.07) is 2.17. The molecule has 1 heterocycles. The Morgan fingerprint density at radius 1 is 1.28 bits per heavy atom. The van der Waals surface area contributed by atoms with Crippen molar-refractivity contribution < 1.29 is 4.42 Å². The number of hydrogen-bond donors (Lipinski definition) is 1. The largest absolute Gasteiger partial charge is 0.463 e. The first-order valence-electron chi connectivity index (χ1n) is 7.14. The molecule has 0 radical (unpaired) electrons. The average molecular weight is 252 g/mol. The first kappa shape index (κ1) is 15.3. The normalized spacial score (nSPS) is 11.4. The molecule has 0 atom stereocenters. The molecule has 104 valence electrons. The molecule has 3 nitrogen and oxygen atoms in total. The first-order valence-corrected chi connectivity index (χ1v) is 7.14.